The first-order chi connectivity index (χ1) is 12.7. The van der Waals surface area contributed by atoms with Gasteiger partial charge in [0.15, 0.2) is 0 Å². The number of sulfonamides is 1. The second-order valence-corrected chi connectivity index (χ2v) is 8.79. The fourth-order valence-electron chi connectivity index (χ4n) is 3.12. The van der Waals surface area contributed by atoms with Crippen LogP contribution in [0.25, 0.3) is 0 Å². The fourth-order valence-corrected chi connectivity index (χ4v) is 4.70. The molecule has 1 aromatic heterocycles. The van der Waals surface area contributed by atoms with Crippen LogP contribution in [0.2, 0.25) is 0 Å². The van der Waals surface area contributed by atoms with Crippen LogP contribution in [0, 0.1) is 6.92 Å². The van der Waals surface area contributed by atoms with E-state index in [0.29, 0.717) is 43.3 Å². The van der Waals surface area contributed by atoms with Gasteiger partial charge in [-0.2, -0.15) is 4.31 Å². The molecule has 1 aliphatic rings. The Labute approximate surface area is 158 Å². The van der Waals surface area contributed by atoms with E-state index < -0.39 is 15.9 Å². The number of benzene rings is 1. The van der Waals surface area contributed by atoms with E-state index in [2.05, 4.69) is 4.98 Å². The normalized spacial score (nSPS) is 17.0. The Morgan fingerprint density at radius 1 is 1.07 bits per heavy atom. The highest BCUT2D eigenvalue weighted by molar-refractivity contribution is 7.89. The standard InChI is InChI=1S/C19H23F2N3O2S/c1-15-5-3-6-17(13-15)27(25,26)24-10-4-9-23(11-12-24)18-8-7-16(14-22-18)19(2,20)21/h3,5-8,13-14H,4,9-12H2,1-2H3. The first-order valence-electron chi connectivity index (χ1n) is 8.84. The topological polar surface area (TPSA) is 53.5 Å². The number of hydrogen-bond acceptors (Lipinski definition) is 4. The monoisotopic (exact) mass is 395 g/mol. The first-order valence-corrected chi connectivity index (χ1v) is 10.3. The number of anilines is 1. The largest absolute Gasteiger partial charge is 0.355 e. The molecule has 0 bridgehead atoms. The van der Waals surface area contributed by atoms with Crippen LogP contribution in [0.5, 0.6) is 0 Å². The average molecular weight is 395 g/mol. The van der Waals surface area contributed by atoms with Crippen molar-refractivity contribution in [3.05, 3.63) is 53.7 Å². The van der Waals surface area contributed by atoms with Crippen LogP contribution in [0.1, 0.15) is 24.5 Å². The van der Waals surface area contributed by atoms with Gasteiger partial charge >= 0.3 is 0 Å². The zero-order valence-corrected chi connectivity index (χ0v) is 16.2. The molecular formula is C19H23F2N3O2S. The Hall–Kier alpha value is -2.06. The molecular weight excluding hydrogens is 372 g/mol. The molecule has 0 spiro atoms. The van der Waals surface area contributed by atoms with Crippen LogP contribution < -0.4 is 4.90 Å². The summed E-state index contributed by atoms with van der Waals surface area (Å²) in [6, 6.07) is 9.81. The minimum atomic E-state index is -3.55. The van der Waals surface area contributed by atoms with E-state index in [1.165, 1.54) is 16.6 Å². The lowest BCUT2D eigenvalue weighted by molar-refractivity contribution is 0.0171. The average Bonchev–Trinajstić information content (AvgIpc) is 2.88. The molecule has 0 atom stereocenters. The van der Waals surface area contributed by atoms with E-state index in [0.717, 1.165) is 12.5 Å². The molecule has 0 amide bonds. The van der Waals surface area contributed by atoms with Gasteiger partial charge in [-0.25, -0.2) is 22.2 Å². The Balaban J connectivity index is 1.74. The van der Waals surface area contributed by atoms with Gasteiger partial charge in [0.1, 0.15) is 5.82 Å². The summed E-state index contributed by atoms with van der Waals surface area (Å²) in [5.74, 6) is -2.35. The quantitative estimate of drug-likeness (QED) is 0.796. The summed E-state index contributed by atoms with van der Waals surface area (Å²) in [7, 11) is -3.55. The van der Waals surface area contributed by atoms with Crippen LogP contribution in [-0.4, -0.2) is 43.9 Å². The summed E-state index contributed by atoms with van der Waals surface area (Å²) < 4.78 is 54.0. The van der Waals surface area contributed by atoms with E-state index >= 15 is 0 Å². The maximum absolute atomic E-state index is 13.3. The van der Waals surface area contributed by atoms with Crippen LogP contribution in [0.15, 0.2) is 47.5 Å². The third kappa shape index (κ3) is 4.44. The third-order valence-electron chi connectivity index (χ3n) is 4.66. The van der Waals surface area contributed by atoms with E-state index in [1.54, 1.807) is 24.3 Å². The van der Waals surface area contributed by atoms with E-state index in [1.807, 2.05) is 17.9 Å². The van der Waals surface area contributed by atoms with Gasteiger partial charge in [-0.1, -0.05) is 12.1 Å². The van der Waals surface area contributed by atoms with Crippen LogP contribution >= 0.6 is 0 Å². The molecule has 146 valence electrons. The lowest BCUT2D eigenvalue weighted by Gasteiger charge is -2.23. The minimum absolute atomic E-state index is 0.135. The molecule has 2 aromatic rings. The summed E-state index contributed by atoms with van der Waals surface area (Å²) in [6.45, 7) is 4.51. The van der Waals surface area contributed by atoms with E-state index in [9.17, 15) is 17.2 Å². The van der Waals surface area contributed by atoms with Crippen molar-refractivity contribution >= 4 is 15.8 Å². The number of nitrogens with zero attached hydrogens (tertiary/aromatic N) is 3. The number of rotatable bonds is 4. The molecule has 1 aliphatic heterocycles. The molecule has 2 heterocycles. The SMILES string of the molecule is Cc1cccc(S(=O)(=O)N2CCCN(c3ccc(C(C)(F)F)cn3)CC2)c1. The van der Waals surface area contributed by atoms with Gasteiger partial charge in [0, 0.05) is 44.9 Å². The number of aromatic nitrogens is 1. The van der Waals surface area contributed by atoms with Gasteiger partial charge in [-0.05, 0) is 43.2 Å². The van der Waals surface area contributed by atoms with Crippen molar-refractivity contribution in [2.75, 3.05) is 31.1 Å². The molecule has 1 fully saturated rings. The van der Waals surface area contributed by atoms with Gasteiger partial charge in [0.05, 0.1) is 4.90 Å². The molecule has 1 aromatic carbocycles. The smallest absolute Gasteiger partial charge is 0.272 e. The highest BCUT2D eigenvalue weighted by atomic mass is 32.2. The number of pyridine rings is 1. The fraction of sp³-hybridized carbons (Fsp3) is 0.421. The lowest BCUT2D eigenvalue weighted by Crippen LogP contribution is -2.35. The highest BCUT2D eigenvalue weighted by Crippen LogP contribution is 2.27. The van der Waals surface area contributed by atoms with Crippen molar-refractivity contribution in [3.8, 4) is 0 Å². The summed E-state index contributed by atoms with van der Waals surface area (Å²) in [5.41, 5.74) is 0.759. The summed E-state index contributed by atoms with van der Waals surface area (Å²) in [5, 5.41) is 0. The Bertz CT molecular complexity index is 896. The van der Waals surface area contributed by atoms with Crippen molar-refractivity contribution < 1.29 is 17.2 Å². The van der Waals surface area contributed by atoms with Crippen LogP contribution in [0.4, 0.5) is 14.6 Å². The summed E-state index contributed by atoms with van der Waals surface area (Å²) in [6.07, 6.45) is 1.82. The number of aryl methyl sites for hydroxylation is 1. The molecule has 0 saturated carbocycles. The van der Waals surface area contributed by atoms with E-state index in [4.69, 9.17) is 0 Å². The van der Waals surface area contributed by atoms with Gasteiger partial charge in [0.25, 0.3) is 5.92 Å². The number of hydrogen-bond donors (Lipinski definition) is 0. The molecule has 8 heteroatoms. The molecule has 0 radical (unpaired) electrons. The third-order valence-corrected chi connectivity index (χ3v) is 6.56. The first kappa shape index (κ1) is 19.7. The second-order valence-electron chi connectivity index (χ2n) is 6.85. The maximum atomic E-state index is 13.3. The van der Waals surface area contributed by atoms with Crippen molar-refractivity contribution in [2.24, 2.45) is 0 Å². The molecule has 27 heavy (non-hydrogen) atoms. The molecule has 5 nitrogen and oxygen atoms in total. The minimum Gasteiger partial charge on any atom is -0.355 e. The summed E-state index contributed by atoms with van der Waals surface area (Å²) >= 11 is 0. The van der Waals surface area contributed by atoms with Gasteiger partial charge in [-0.3, -0.25) is 0 Å². The maximum Gasteiger partial charge on any atom is 0.272 e. The van der Waals surface area contributed by atoms with Gasteiger partial charge < -0.3 is 4.90 Å². The molecule has 3 rings (SSSR count). The van der Waals surface area contributed by atoms with Gasteiger partial charge in [-0.15, -0.1) is 0 Å². The van der Waals surface area contributed by atoms with Crippen molar-refractivity contribution in [1.29, 1.82) is 0 Å². The van der Waals surface area contributed by atoms with Crippen LogP contribution in [0.3, 0.4) is 0 Å². The highest BCUT2D eigenvalue weighted by Gasteiger charge is 2.28. The number of alkyl halides is 2. The predicted octanol–water partition coefficient (Wildman–Crippen LogP) is 3.40. The van der Waals surface area contributed by atoms with Crippen LogP contribution in [-0.2, 0) is 15.9 Å². The Morgan fingerprint density at radius 2 is 1.85 bits per heavy atom. The van der Waals surface area contributed by atoms with Crippen molar-refractivity contribution in [1.82, 2.24) is 9.29 Å². The Kier molecular flexibility index (Phi) is 5.48. The zero-order chi connectivity index (χ0) is 19.7. The molecule has 0 unspecified atom stereocenters. The molecule has 0 aliphatic carbocycles. The van der Waals surface area contributed by atoms with Gasteiger partial charge in [0.2, 0.25) is 10.0 Å². The predicted molar refractivity (Wildman–Crippen MR) is 101 cm³/mol. The lowest BCUT2D eigenvalue weighted by atomic mass is 10.2. The zero-order valence-electron chi connectivity index (χ0n) is 15.4. The van der Waals surface area contributed by atoms with E-state index in [-0.39, 0.29) is 5.56 Å². The number of halogens is 2. The Morgan fingerprint density at radius 3 is 2.48 bits per heavy atom. The van der Waals surface area contributed by atoms with Crippen molar-refractivity contribution in [3.63, 3.8) is 0 Å². The molecule has 0 N–H and O–H groups in total. The second kappa shape index (κ2) is 7.52. The van der Waals surface area contributed by atoms with Crippen molar-refractivity contribution in [2.45, 2.75) is 31.1 Å². The summed E-state index contributed by atoms with van der Waals surface area (Å²) in [4.78, 5) is 6.37. The molecule has 1 saturated heterocycles.